The van der Waals surface area contributed by atoms with Gasteiger partial charge in [0.1, 0.15) is 10.7 Å². The van der Waals surface area contributed by atoms with Crippen LogP contribution in [0, 0.1) is 5.41 Å². The fourth-order valence-electron chi connectivity index (χ4n) is 0.669. The summed E-state index contributed by atoms with van der Waals surface area (Å²) in [6.45, 7) is 0. The molecular formula is C5H3ClF3N3S. The highest BCUT2D eigenvalue weighted by Crippen LogP contribution is 2.35. The molecule has 0 unspecified atom stereocenters. The molecular weight excluding hydrogens is 227 g/mol. The Morgan fingerprint density at radius 1 is 1.54 bits per heavy atom. The number of nitrogens with zero attached hydrogens (tertiary/aromatic N) is 1. The Hall–Kier alpha value is -0.820. The molecule has 0 aliphatic rings. The molecule has 3 N–H and O–H groups in total. The zero-order chi connectivity index (χ0) is 10.2. The molecule has 1 aromatic heterocycles. The summed E-state index contributed by atoms with van der Waals surface area (Å²) in [4.78, 5) is 2.59. The number of hydrogen-bond donors (Lipinski definition) is 2. The number of aromatic nitrogens is 1. The maximum Gasteiger partial charge on any atom is 0.434 e. The molecule has 0 radical (unpaired) electrons. The molecule has 1 heterocycles. The van der Waals surface area contributed by atoms with Gasteiger partial charge in [-0.2, -0.15) is 13.2 Å². The molecule has 8 heteroatoms. The molecule has 0 aromatic carbocycles. The second-order valence-electron chi connectivity index (χ2n) is 2.06. The molecule has 0 aliphatic carbocycles. The average molecular weight is 230 g/mol. The Morgan fingerprint density at radius 2 is 2.08 bits per heavy atom. The molecule has 0 bridgehead atoms. The first kappa shape index (κ1) is 10.3. The third-order valence-electron chi connectivity index (χ3n) is 1.11. The van der Waals surface area contributed by atoms with Crippen molar-refractivity contribution in [2.75, 3.05) is 0 Å². The Morgan fingerprint density at radius 3 is 2.38 bits per heavy atom. The number of thiazole rings is 1. The number of halogens is 4. The zero-order valence-electron chi connectivity index (χ0n) is 5.94. The van der Waals surface area contributed by atoms with E-state index in [0.29, 0.717) is 11.3 Å². The molecule has 0 spiro atoms. The minimum Gasteiger partial charge on any atom is -0.383 e. The van der Waals surface area contributed by atoms with E-state index in [1.54, 1.807) is 0 Å². The van der Waals surface area contributed by atoms with Crippen LogP contribution in [0.4, 0.5) is 13.2 Å². The van der Waals surface area contributed by atoms with E-state index in [9.17, 15) is 13.2 Å². The highest BCUT2D eigenvalue weighted by molar-refractivity contribution is 7.17. The fraction of sp³-hybridized carbons (Fsp3) is 0.200. The number of alkyl halides is 3. The Balaban J connectivity index is 3.28. The van der Waals surface area contributed by atoms with E-state index in [1.165, 1.54) is 0 Å². The lowest BCUT2D eigenvalue weighted by Crippen LogP contribution is -2.16. The quantitative estimate of drug-likeness (QED) is 0.572. The van der Waals surface area contributed by atoms with E-state index in [4.69, 9.17) is 22.7 Å². The summed E-state index contributed by atoms with van der Waals surface area (Å²) in [6.07, 6.45) is -4.62. The predicted octanol–water partition coefficient (Wildman–Crippen LogP) is 2.10. The van der Waals surface area contributed by atoms with Gasteiger partial charge in [-0.15, -0.1) is 0 Å². The largest absolute Gasteiger partial charge is 0.434 e. The van der Waals surface area contributed by atoms with E-state index in [1.807, 2.05) is 0 Å². The molecule has 72 valence electrons. The Kier molecular flexibility index (Phi) is 2.49. The standard InChI is InChI=1S/C5H3ClF3N3S/c6-4-12-2(5(7,8)9)1(13-4)3(10)11/h(H3,10,11). The minimum absolute atomic E-state index is 0.280. The van der Waals surface area contributed by atoms with E-state index in [2.05, 4.69) is 4.98 Å². The van der Waals surface area contributed by atoms with Crippen molar-refractivity contribution >= 4 is 28.8 Å². The molecule has 0 fully saturated rings. The number of amidine groups is 1. The lowest BCUT2D eigenvalue weighted by molar-refractivity contribution is -0.140. The first-order chi connectivity index (χ1) is 5.82. The first-order valence-corrected chi connectivity index (χ1v) is 4.09. The molecule has 0 saturated carbocycles. The van der Waals surface area contributed by atoms with Gasteiger partial charge in [-0.3, -0.25) is 5.41 Å². The average Bonchev–Trinajstić information content (AvgIpc) is 2.29. The number of nitrogens with one attached hydrogen (secondary N) is 1. The van der Waals surface area contributed by atoms with Crippen molar-refractivity contribution in [2.24, 2.45) is 5.73 Å². The van der Waals surface area contributed by atoms with E-state index < -0.39 is 22.6 Å². The SMILES string of the molecule is N=C(N)c1sc(Cl)nc1C(F)(F)F. The first-order valence-electron chi connectivity index (χ1n) is 2.90. The van der Waals surface area contributed by atoms with Crippen LogP contribution in [-0.4, -0.2) is 10.8 Å². The van der Waals surface area contributed by atoms with Crippen LogP contribution >= 0.6 is 22.9 Å². The van der Waals surface area contributed by atoms with Gasteiger partial charge in [0.2, 0.25) is 0 Å². The van der Waals surface area contributed by atoms with Gasteiger partial charge >= 0.3 is 6.18 Å². The minimum atomic E-state index is -4.62. The van der Waals surface area contributed by atoms with Crippen molar-refractivity contribution in [2.45, 2.75) is 6.18 Å². The van der Waals surface area contributed by atoms with Crippen molar-refractivity contribution in [3.05, 3.63) is 15.0 Å². The summed E-state index contributed by atoms with van der Waals surface area (Å²) in [5.74, 6) is -0.684. The Labute approximate surface area is 79.8 Å². The smallest absolute Gasteiger partial charge is 0.383 e. The van der Waals surface area contributed by atoms with Crippen molar-refractivity contribution in [3.8, 4) is 0 Å². The summed E-state index contributed by atoms with van der Waals surface area (Å²) in [6, 6.07) is 0. The Bertz CT molecular complexity index is 345. The third kappa shape index (κ3) is 2.10. The predicted molar refractivity (Wildman–Crippen MR) is 43.1 cm³/mol. The van der Waals surface area contributed by atoms with Crippen molar-refractivity contribution in [1.82, 2.24) is 4.98 Å². The monoisotopic (exact) mass is 229 g/mol. The van der Waals surface area contributed by atoms with Crippen LogP contribution in [-0.2, 0) is 6.18 Å². The number of nitrogens with two attached hydrogens (primary N) is 1. The summed E-state index contributed by atoms with van der Waals surface area (Å²) in [5.41, 5.74) is 3.72. The van der Waals surface area contributed by atoms with Gasteiger partial charge in [0, 0.05) is 0 Å². The highest BCUT2D eigenvalue weighted by Gasteiger charge is 2.38. The topological polar surface area (TPSA) is 62.8 Å². The van der Waals surface area contributed by atoms with Crippen LogP contribution in [0.5, 0.6) is 0 Å². The summed E-state index contributed by atoms with van der Waals surface area (Å²) in [7, 11) is 0. The second kappa shape index (κ2) is 3.15. The van der Waals surface area contributed by atoms with Crippen LogP contribution in [0.3, 0.4) is 0 Å². The molecule has 3 nitrogen and oxygen atoms in total. The normalized spacial score (nSPS) is 11.7. The molecule has 0 saturated heterocycles. The summed E-state index contributed by atoms with van der Waals surface area (Å²) >= 11 is 5.80. The summed E-state index contributed by atoms with van der Waals surface area (Å²) < 4.78 is 36.2. The molecule has 13 heavy (non-hydrogen) atoms. The van der Waals surface area contributed by atoms with Gasteiger partial charge in [-0.05, 0) is 0 Å². The highest BCUT2D eigenvalue weighted by atomic mass is 35.5. The molecule has 1 rings (SSSR count). The van der Waals surface area contributed by atoms with Crippen LogP contribution in [0.2, 0.25) is 4.47 Å². The van der Waals surface area contributed by atoms with Gasteiger partial charge in [-0.25, -0.2) is 4.98 Å². The lowest BCUT2D eigenvalue weighted by Gasteiger charge is -2.03. The van der Waals surface area contributed by atoms with Gasteiger partial charge in [0.15, 0.2) is 10.2 Å². The molecule has 0 aliphatic heterocycles. The lowest BCUT2D eigenvalue weighted by atomic mass is 10.3. The maximum atomic E-state index is 12.2. The number of nitrogen functional groups attached to an aromatic ring is 1. The van der Waals surface area contributed by atoms with Crippen molar-refractivity contribution in [1.29, 1.82) is 5.41 Å². The number of hydrogen-bond acceptors (Lipinski definition) is 3. The third-order valence-corrected chi connectivity index (χ3v) is 2.31. The zero-order valence-corrected chi connectivity index (χ0v) is 7.52. The van der Waals surface area contributed by atoms with E-state index >= 15 is 0 Å². The van der Waals surface area contributed by atoms with Crippen LogP contribution in [0.25, 0.3) is 0 Å². The van der Waals surface area contributed by atoms with Gasteiger partial charge in [-0.1, -0.05) is 22.9 Å². The van der Waals surface area contributed by atoms with Gasteiger partial charge in [0.25, 0.3) is 0 Å². The van der Waals surface area contributed by atoms with Crippen LogP contribution in [0.15, 0.2) is 0 Å². The number of rotatable bonds is 1. The van der Waals surface area contributed by atoms with E-state index in [0.717, 1.165) is 0 Å². The molecule has 0 atom stereocenters. The second-order valence-corrected chi connectivity index (χ2v) is 3.64. The van der Waals surface area contributed by atoms with Crippen molar-refractivity contribution in [3.63, 3.8) is 0 Å². The van der Waals surface area contributed by atoms with Gasteiger partial charge < -0.3 is 5.73 Å². The maximum absolute atomic E-state index is 12.2. The summed E-state index contributed by atoms with van der Waals surface area (Å²) in [5, 5.41) is 6.86. The molecule has 1 aromatic rings. The van der Waals surface area contributed by atoms with Crippen LogP contribution in [0.1, 0.15) is 10.6 Å². The fourth-order valence-corrected chi connectivity index (χ4v) is 1.66. The molecule has 0 amide bonds. The van der Waals surface area contributed by atoms with Crippen LogP contribution < -0.4 is 5.73 Å². The van der Waals surface area contributed by atoms with E-state index in [-0.39, 0.29) is 4.47 Å². The van der Waals surface area contributed by atoms with Crippen molar-refractivity contribution < 1.29 is 13.2 Å². The van der Waals surface area contributed by atoms with Gasteiger partial charge in [0.05, 0.1) is 0 Å².